The molecule has 1 amide bonds. The zero-order valence-electron chi connectivity index (χ0n) is 15.5. The van der Waals surface area contributed by atoms with Crippen LogP contribution in [0.2, 0.25) is 0 Å². The third kappa shape index (κ3) is 4.64. The number of benzene rings is 1. The highest BCUT2D eigenvalue weighted by Crippen LogP contribution is 2.21. The number of imidazole rings is 1. The van der Waals surface area contributed by atoms with E-state index in [4.69, 9.17) is 0 Å². The van der Waals surface area contributed by atoms with Crippen molar-refractivity contribution in [1.29, 1.82) is 0 Å². The van der Waals surface area contributed by atoms with Gasteiger partial charge in [0.15, 0.2) is 10.9 Å². The largest absolute Gasteiger partial charge is 0.357 e. The molecule has 3 heterocycles. The Labute approximate surface area is 184 Å². The SMILES string of the molecule is CCNC(=NCc1cn2ccsc2n1)NC1CC(=O)N(c2ccccc2)C1.I. The van der Waals surface area contributed by atoms with E-state index in [0.717, 1.165) is 22.9 Å². The van der Waals surface area contributed by atoms with Crippen molar-refractivity contribution < 1.29 is 4.79 Å². The van der Waals surface area contributed by atoms with E-state index in [-0.39, 0.29) is 35.9 Å². The summed E-state index contributed by atoms with van der Waals surface area (Å²) in [6.07, 6.45) is 4.45. The number of carbonyl (C=O) groups is 1. The molecule has 1 atom stereocenters. The smallest absolute Gasteiger partial charge is 0.229 e. The first kappa shape index (κ1) is 20.6. The van der Waals surface area contributed by atoms with Gasteiger partial charge >= 0.3 is 0 Å². The predicted octanol–water partition coefficient (Wildman–Crippen LogP) is 2.87. The first-order chi connectivity index (χ1) is 13.2. The maximum Gasteiger partial charge on any atom is 0.229 e. The average molecular weight is 510 g/mol. The number of thiazole rings is 1. The van der Waals surface area contributed by atoms with Crippen LogP contribution in [0.25, 0.3) is 4.96 Å². The predicted molar refractivity (Wildman–Crippen MR) is 124 cm³/mol. The van der Waals surface area contributed by atoms with Crippen molar-refractivity contribution in [2.24, 2.45) is 4.99 Å². The molecule has 3 aromatic rings. The van der Waals surface area contributed by atoms with Gasteiger partial charge in [-0.25, -0.2) is 9.98 Å². The van der Waals surface area contributed by atoms with E-state index in [1.165, 1.54) is 0 Å². The molecule has 1 fully saturated rings. The molecule has 1 unspecified atom stereocenters. The highest BCUT2D eigenvalue weighted by atomic mass is 127. The van der Waals surface area contributed by atoms with Crippen molar-refractivity contribution in [1.82, 2.24) is 20.0 Å². The van der Waals surface area contributed by atoms with E-state index in [0.29, 0.717) is 25.5 Å². The summed E-state index contributed by atoms with van der Waals surface area (Å²) in [4.78, 5) is 24.4. The summed E-state index contributed by atoms with van der Waals surface area (Å²) in [7, 11) is 0. The Morgan fingerprint density at radius 2 is 2.18 bits per heavy atom. The molecule has 1 aromatic carbocycles. The quantitative estimate of drug-likeness (QED) is 0.315. The molecule has 7 nitrogen and oxygen atoms in total. The number of hydrogen-bond donors (Lipinski definition) is 2. The van der Waals surface area contributed by atoms with Gasteiger partial charge in [-0.05, 0) is 19.1 Å². The van der Waals surface area contributed by atoms with Crippen molar-refractivity contribution in [3.63, 3.8) is 0 Å². The highest BCUT2D eigenvalue weighted by Gasteiger charge is 2.31. The summed E-state index contributed by atoms with van der Waals surface area (Å²) in [6.45, 7) is 3.91. The Balaban J connectivity index is 0.00000225. The van der Waals surface area contributed by atoms with E-state index in [9.17, 15) is 4.79 Å². The molecule has 9 heteroatoms. The normalized spacial score (nSPS) is 17.0. The van der Waals surface area contributed by atoms with Gasteiger partial charge in [0.2, 0.25) is 5.91 Å². The van der Waals surface area contributed by atoms with Crippen LogP contribution in [-0.4, -0.2) is 40.4 Å². The maximum atomic E-state index is 12.4. The van der Waals surface area contributed by atoms with Crippen molar-refractivity contribution in [2.75, 3.05) is 18.0 Å². The highest BCUT2D eigenvalue weighted by molar-refractivity contribution is 14.0. The molecule has 0 radical (unpaired) electrons. The van der Waals surface area contributed by atoms with Gasteiger partial charge in [0.25, 0.3) is 0 Å². The van der Waals surface area contributed by atoms with Crippen molar-refractivity contribution in [3.8, 4) is 0 Å². The Morgan fingerprint density at radius 3 is 2.93 bits per heavy atom. The number of nitrogens with one attached hydrogen (secondary N) is 2. The van der Waals surface area contributed by atoms with Gasteiger partial charge in [0.1, 0.15) is 0 Å². The lowest BCUT2D eigenvalue weighted by Crippen LogP contribution is -2.44. The molecule has 28 heavy (non-hydrogen) atoms. The van der Waals surface area contributed by atoms with Crippen molar-refractivity contribution in [2.45, 2.75) is 25.9 Å². The summed E-state index contributed by atoms with van der Waals surface area (Å²) >= 11 is 1.61. The van der Waals surface area contributed by atoms with Crippen molar-refractivity contribution in [3.05, 3.63) is 53.8 Å². The summed E-state index contributed by atoms with van der Waals surface area (Å²) < 4.78 is 2.00. The zero-order chi connectivity index (χ0) is 18.6. The molecule has 1 saturated heterocycles. The van der Waals surface area contributed by atoms with Crippen molar-refractivity contribution >= 4 is 57.8 Å². The monoisotopic (exact) mass is 510 g/mol. The number of guanidine groups is 1. The van der Waals surface area contributed by atoms with E-state index in [1.807, 2.05) is 64.3 Å². The molecule has 0 bridgehead atoms. The van der Waals surface area contributed by atoms with Crippen LogP contribution in [0.3, 0.4) is 0 Å². The van der Waals surface area contributed by atoms with Gasteiger partial charge in [-0.3, -0.25) is 9.20 Å². The number of anilines is 1. The molecule has 148 valence electrons. The molecule has 0 saturated carbocycles. The maximum absolute atomic E-state index is 12.4. The number of fused-ring (bicyclic) bond motifs is 1. The Bertz CT molecular complexity index is 925. The summed E-state index contributed by atoms with van der Waals surface area (Å²) in [6, 6.07) is 9.81. The standard InChI is InChI=1S/C19H22N6OS.HI/c1-2-20-18(21-11-15-12-24-8-9-27-19(24)23-15)22-14-10-17(26)25(13-14)16-6-4-3-5-7-16;/h3-9,12,14H,2,10-11,13H2,1H3,(H2,20,21,22);1H. The molecule has 1 aliphatic rings. The fourth-order valence-electron chi connectivity index (χ4n) is 3.19. The molecule has 0 spiro atoms. The fourth-order valence-corrected chi connectivity index (χ4v) is 3.91. The third-order valence-electron chi connectivity index (χ3n) is 4.42. The van der Waals surface area contributed by atoms with Gasteiger partial charge in [0, 0.05) is 43.0 Å². The van der Waals surface area contributed by atoms with Crippen LogP contribution in [0.5, 0.6) is 0 Å². The minimum absolute atomic E-state index is 0. The lowest BCUT2D eigenvalue weighted by atomic mass is 10.2. The third-order valence-corrected chi connectivity index (χ3v) is 5.19. The summed E-state index contributed by atoms with van der Waals surface area (Å²) in [5.74, 6) is 0.838. The molecule has 2 N–H and O–H groups in total. The van der Waals surface area contributed by atoms with Crippen LogP contribution >= 0.6 is 35.3 Å². The van der Waals surface area contributed by atoms with Crippen LogP contribution in [0.1, 0.15) is 19.0 Å². The van der Waals surface area contributed by atoms with Gasteiger partial charge in [-0.2, -0.15) is 0 Å². The number of aliphatic imine (C=N–C) groups is 1. The number of amides is 1. The van der Waals surface area contributed by atoms with Gasteiger partial charge in [-0.1, -0.05) is 18.2 Å². The summed E-state index contributed by atoms with van der Waals surface area (Å²) in [5, 5.41) is 8.65. The number of aromatic nitrogens is 2. The topological polar surface area (TPSA) is 74.0 Å². The Kier molecular flexibility index (Phi) is 6.89. The second-order valence-corrected chi connectivity index (χ2v) is 7.28. The van der Waals surface area contributed by atoms with E-state index < -0.39 is 0 Å². The van der Waals surface area contributed by atoms with Gasteiger partial charge < -0.3 is 15.5 Å². The van der Waals surface area contributed by atoms with E-state index in [1.54, 1.807) is 11.3 Å². The number of carbonyl (C=O) groups excluding carboxylic acids is 1. The Morgan fingerprint density at radius 1 is 1.36 bits per heavy atom. The molecule has 1 aliphatic heterocycles. The average Bonchev–Trinajstić information content (AvgIpc) is 3.35. The van der Waals surface area contributed by atoms with Gasteiger partial charge in [-0.15, -0.1) is 35.3 Å². The number of para-hydroxylation sites is 1. The van der Waals surface area contributed by atoms with Crippen LogP contribution in [-0.2, 0) is 11.3 Å². The first-order valence-electron chi connectivity index (χ1n) is 9.04. The number of rotatable bonds is 5. The number of hydrogen-bond acceptors (Lipinski definition) is 4. The number of halogens is 1. The van der Waals surface area contributed by atoms with E-state index >= 15 is 0 Å². The summed E-state index contributed by atoms with van der Waals surface area (Å²) in [5.41, 5.74) is 1.86. The molecular formula is C19H23IN6OS. The Hall–Kier alpha value is -2.14. The minimum atomic E-state index is 0. The van der Waals surface area contributed by atoms with Crippen LogP contribution in [0.4, 0.5) is 5.69 Å². The zero-order valence-corrected chi connectivity index (χ0v) is 18.7. The van der Waals surface area contributed by atoms with E-state index in [2.05, 4.69) is 20.6 Å². The first-order valence-corrected chi connectivity index (χ1v) is 9.92. The molecule has 4 rings (SSSR count). The second-order valence-electron chi connectivity index (χ2n) is 6.41. The second kappa shape index (κ2) is 9.37. The lowest BCUT2D eigenvalue weighted by molar-refractivity contribution is -0.117. The van der Waals surface area contributed by atoms with Gasteiger partial charge in [0.05, 0.1) is 18.3 Å². The van der Waals surface area contributed by atoms with Crippen LogP contribution in [0, 0.1) is 0 Å². The fraction of sp³-hybridized carbons (Fsp3) is 0.316. The molecular weight excluding hydrogens is 487 g/mol. The molecule has 0 aliphatic carbocycles. The van der Waals surface area contributed by atoms with Crippen LogP contribution in [0.15, 0.2) is 53.1 Å². The molecule has 2 aromatic heterocycles. The minimum Gasteiger partial charge on any atom is -0.357 e. The van der Waals surface area contributed by atoms with Crippen LogP contribution < -0.4 is 15.5 Å². The lowest BCUT2D eigenvalue weighted by Gasteiger charge is -2.18. The number of nitrogens with zero attached hydrogens (tertiary/aromatic N) is 4.